The van der Waals surface area contributed by atoms with Crippen LogP contribution in [0, 0.1) is 0 Å². The molecule has 3 heteroatoms. The van der Waals surface area contributed by atoms with Crippen molar-refractivity contribution in [1.29, 1.82) is 0 Å². The van der Waals surface area contributed by atoms with Crippen molar-refractivity contribution in [2.24, 2.45) is 0 Å². The molecule has 102 valence electrons. The highest BCUT2D eigenvalue weighted by Gasteiger charge is 2.46. The van der Waals surface area contributed by atoms with E-state index in [4.69, 9.17) is 4.74 Å². The smallest absolute Gasteiger partial charge is 0.167 e. The van der Waals surface area contributed by atoms with E-state index in [1.165, 1.54) is 21.7 Å². The monoisotopic (exact) mass is 283 g/mol. The van der Waals surface area contributed by atoms with Crippen LogP contribution >= 0.6 is 11.8 Å². The van der Waals surface area contributed by atoms with Gasteiger partial charge in [-0.3, -0.25) is 0 Å². The third-order valence-corrected chi connectivity index (χ3v) is 5.41. The van der Waals surface area contributed by atoms with E-state index in [0.717, 1.165) is 6.42 Å². The molecule has 2 nitrogen and oxygen atoms in total. The second-order valence-corrected chi connectivity index (χ2v) is 6.52. The number of fused-ring (bicyclic) bond motifs is 6. The summed E-state index contributed by atoms with van der Waals surface area (Å²) >= 11 is 1.96. The molecule has 2 aliphatic rings. The van der Waals surface area contributed by atoms with Gasteiger partial charge in [-0.05, 0) is 24.6 Å². The summed E-state index contributed by atoms with van der Waals surface area (Å²) in [6, 6.07) is 17.2. The Morgan fingerprint density at radius 3 is 2.90 bits per heavy atom. The van der Waals surface area contributed by atoms with E-state index in [2.05, 4.69) is 60.8 Å². The number of anilines is 1. The summed E-state index contributed by atoms with van der Waals surface area (Å²) in [5.41, 5.74) is 3.51. The van der Waals surface area contributed by atoms with E-state index in [9.17, 15) is 0 Å². The maximum absolute atomic E-state index is 6.20. The third kappa shape index (κ3) is 1.70. The molecule has 2 aromatic rings. The van der Waals surface area contributed by atoms with Crippen LogP contribution in [0.1, 0.15) is 29.7 Å². The molecule has 2 aromatic carbocycles. The number of hydrogen-bond acceptors (Lipinski definition) is 3. The Bertz CT molecular complexity index is 657. The van der Waals surface area contributed by atoms with Gasteiger partial charge in [-0.25, -0.2) is 0 Å². The van der Waals surface area contributed by atoms with E-state index in [1.54, 1.807) is 0 Å². The van der Waals surface area contributed by atoms with Gasteiger partial charge in [0, 0.05) is 34.4 Å². The zero-order chi connectivity index (χ0) is 13.6. The fraction of sp³-hybridized carbons (Fsp3) is 0.294. The summed E-state index contributed by atoms with van der Waals surface area (Å²) in [7, 11) is 0. The first kappa shape index (κ1) is 12.3. The second kappa shape index (κ2) is 4.54. The van der Waals surface area contributed by atoms with Crippen LogP contribution in [0.2, 0.25) is 0 Å². The van der Waals surface area contributed by atoms with E-state index < -0.39 is 0 Å². The standard InChI is InChI=1S/C17H17NOS/c1-2-19-17-11-16(12-7-3-5-9-14(12)18-17)20-15-10-6-4-8-13(15)17/h3-10,16,18H,2,11H2,1H3. The first-order chi connectivity index (χ1) is 9.82. The van der Waals surface area contributed by atoms with Crippen molar-refractivity contribution in [2.75, 3.05) is 11.9 Å². The minimum absolute atomic E-state index is 0.365. The number of ether oxygens (including phenoxy) is 1. The highest BCUT2D eigenvalue weighted by atomic mass is 32.2. The van der Waals surface area contributed by atoms with Gasteiger partial charge in [0.25, 0.3) is 0 Å². The third-order valence-electron chi connectivity index (χ3n) is 4.10. The number of thioether (sulfide) groups is 1. The topological polar surface area (TPSA) is 21.3 Å². The predicted octanol–water partition coefficient (Wildman–Crippen LogP) is 4.54. The normalized spacial score (nSPS) is 26.4. The first-order valence-corrected chi connectivity index (χ1v) is 7.97. The highest BCUT2D eigenvalue weighted by molar-refractivity contribution is 7.99. The van der Waals surface area contributed by atoms with E-state index in [0.29, 0.717) is 11.9 Å². The van der Waals surface area contributed by atoms with Crippen LogP contribution in [0.4, 0.5) is 5.69 Å². The lowest BCUT2D eigenvalue weighted by Crippen LogP contribution is -2.44. The molecule has 4 rings (SSSR count). The average molecular weight is 283 g/mol. The number of benzene rings is 2. The zero-order valence-corrected chi connectivity index (χ0v) is 12.2. The van der Waals surface area contributed by atoms with Crippen LogP contribution in [-0.2, 0) is 10.5 Å². The van der Waals surface area contributed by atoms with Gasteiger partial charge in [-0.15, -0.1) is 11.8 Å². The van der Waals surface area contributed by atoms with Crippen molar-refractivity contribution in [2.45, 2.75) is 29.2 Å². The summed E-state index contributed by atoms with van der Waals surface area (Å²) in [5.74, 6) is 0. The van der Waals surface area contributed by atoms with Gasteiger partial charge in [-0.2, -0.15) is 0 Å². The number of hydrogen-bond donors (Lipinski definition) is 1. The van der Waals surface area contributed by atoms with E-state index >= 15 is 0 Å². The van der Waals surface area contributed by atoms with Gasteiger partial charge >= 0.3 is 0 Å². The SMILES string of the molecule is CCOC12CC(Sc3ccccc31)c1ccccc1N2. The molecule has 0 radical (unpaired) electrons. The Morgan fingerprint density at radius 2 is 2.00 bits per heavy atom. The molecule has 0 saturated heterocycles. The number of rotatable bonds is 2. The Hall–Kier alpha value is -1.45. The van der Waals surface area contributed by atoms with Crippen molar-refractivity contribution < 1.29 is 4.74 Å². The fourth-order valence-electron chi connectivity index (χ4n) is 3.29. The van der Waals surface area contributed by atoms with Crippen molar-refractivity contribution >= 4 is 17.4 Å². The minimum Gasteiger partial charge on any atom is -0.353 e. The Balaban J connectivity index is 1.90. The Morgan fingerprint density at radius 1 is 1.20 bits per heavy atom. The largest absolute Gasteiger partial charge is 0.353 e. The summed E-state index contributed by atoms with van der Waals surface area (Å²) in [6.45, 7) is 2.77. The Labute approximate surface area is 123 Å². The quantitative estimate of drug-likeness (QED) is 0.874. The molecule has 0 aromatic heterocycles. The van der Waals surface area contributed by atoms with Gasteiger partial charge in [0.1, 0.15) is 0 Å². The first-order valence-electron chi connectivity index (χ1n) is 7.09. The second-order valence-electron chi connectivity index (χ2n) is 5.28. The van der Waals surface area contributed by atoms with Gasteiger partial charge in [0.15, 0.2) is 5.72 Å². The van der Waals surface area contributed by atoms with Gasteiger partial charge in [0.05, 0.1) is 0 Å². The highest BCUT2D eigenvalue weighted by Crippen LogP contribution is 2.57. The summed E-state index contributed by atoms with van der Waals surface area (Å²) in [5, 5.41) is 4.13. The molecule has 2 heterocycles. The van der Waals surface area contributed by atoms with E-state index in [1.807, 2.05) is 11.8 Å². The molecular formula is C17H17NOS. The lowest BCUT2D eigenvalue weighted by atomic mass is 9.88. The molecule has 20 heavy (non-hydrogen) atoms. The van der Waals surface area contributed by atoms with Crippen LogP contribution in [0.15, 0.2) is 53.4 Å². The maximum Gasteiger partial charge on any atom is 0.167 e. The number of para-hydroxylation sites is 1. The van der Waals surface area contributed by atoms with E-state index in [-0.39, 0.29) is 5.72 Å². The van der Waals surface area contributed by atoms with Crippen LogP contribution < -0.4 is 5.32 Å². The predicted molar refractivity (Wildman–Crippen MR) is 83.0 cm³/mol. The average Bonchev–Trinajstić information content (AvgIpc) is 2.48. The molecule has 2 aliphatic heterocycles. The molecule has 2 bridgehead atoms. The van der Waals surface area contributed by atoms with Crippen LogP contribution in [-0.4, -0.2) is 6.61 Å². The van der Waals surface area contributed by atoms with Gasteiger partial charge in [0.2, 0.25) is 0 Å². The van der Waals surface area contributed by atoms with Crippen molar-refractivity contribution in [1.82, 2.24) is 0 Å². The van der Waals surface area contributed by atoms with Gasteiger partial charge in [-0.1, -0.05) is 36.4 Å². The summed E-state index contributed by atoms with van der Waals surface area (Å²) in [4.78, 5) is 1.33. The molecule has 0 fully saturated rings. The molecule has 2 unspecified atom stereocenters. The summed E-state index contributed by atoms with van der Waals surface area (Å²) in [6.07, 6.45) is 0.986. The van der Waals surface area contributed by atoms with Crippen LogP contribution in [0.25, 0.3) is 0 Å². The van der Waals surface area contributed by atoms with Crippen LogP contribution in [0.5, 0.6) is 0 Å². The van der Waals surface area contributed by atoms with Gasteiger partial charge < -0.3 is 10.1 Å². The molecule has 2 atom stereocenters. The lowest BCUT2D eigenvalue weighted by molar-refractivity contribution is -0.0346. The van der Waals surface area contributed by atoms with Crippen molar-refractivity contribution in [3.8, 4) is 0 Å². The molecular weight excluding hydrogens is 266 g/mol. The molecule has 0 aliphatic carbocycles. The molecule has 1 N–H and O–H groups in total. The fourth-order valence-corrected chi connectivity index (χ4v) is 4.76. The van der Waals surface area contributed by atoms with Crippen molar-refractivity contribution in [3.05, 3.63) is 59.7 Å². The molecule has 0 spiro atoms. The zero-order valence-electron chi connectivity index (χ0n) is 11.4. The Kier molecular flexibility index (Phi) is 2.79. The lowest BCUT2D eigenvalue weighted by Gasteiger charge is -2.47. The minimum atomic E-state index is -0.365. The molecule has 0 amide bonds. The summed E-state index contributed by atoms with van der Waals surface area (Å²) < 4.78 is 6.20. The number of nitrogens with one attached hydrogen (secondary N) is 1. The van der Waals surface area contributed by atoms with Crippen LogP contribution in [0.3, 0.4) is 0 Å². The maximum atomic E-state index is 6.20. The van der Waals surface area contributed by atoms with Crippen molar-refractivity contribution in [3.63, 3.8) is 0 Å². The molecule has 0 saturated carbocycles.